The summed E-state index contributed by atoms with van der Waals surface area (Å²) < 4.78 is 15.5. The lowest BCUT2D eigenvalue weighted by atomic mass is 10.2. The Bertz CT molecular complexity index is 561. The smallest absolute Gasteiger partial charge is 0.184 e. The summed E-state index contributed by atoms with van der Waals surface area (Å²) in [5, 5.41) is 11.4. The van der Waals surface area contributed by atoms with E-state index in [1.807, 2.05) is 0 Å². The molecule has 1 aliphatic carbocycles. The number of rotatable bonds is 4. The summed E-state index contributed by atoms with van der Waals surface area (Å²) in [5.41, 5.74) is 6.32. The van der Waals surface area contributed by atoms with Gasteiger partial charge >= 0.3 is 0 Å². The van der Waals surface area contributed by atoms with Crippen molar-refractivity contribution in [2.24, 2.45) is 5.92 Å². The van der Waals surface area contributed by atoms with Crippen LogP contribution in [0.25, 0.3) is 11.4 Å². The Morgan fingerprint density at radius 1 is 1.39 bits per heavy atom. The van der Waals surface area contributed by atoms with Gasteiger partial charge in [0, 0.05) is 12.2 Å². The quantitative estimate of drug-likeness (QED) is 0.837. The molecule has 0 aliphatic heterocycles. The molecule has 1 aromatic heterocycles. The van der Waals surface area contributed by atoms with Gasteiger partial charge in [-0.05, 0) is 41.0 Å². The minimum Gasteiger partial charge on any atom is -0.399 e. The van der Waals surface area contributed by atoms with Crippen LogP contribution in [0.3, 0.4) is 0 Å². The van der Waals surface area contributed by atoms with E-state index in [-0.39, 0.29) is 0 Å². The molecule has 2 aromatic rings. The summed E-state index contributed by atoms with van der Waals surface area (Å²) in [6.45, 7) is 0.733. The summed E-state index contributed by atoms with van der Waals surface area (Å²) in [6.07, 6.45) is 3.62. The third-order valence-corrected chi connectivity index (χ3v) is 3.21. The minimum absolute atomic E-state index is 0.391. The monoisotopic (exact) mass is 247 g/mol. The Balaban J connectivity index is 1.88. The Hall–Kier alpha value is -1.98. The maximum absolute atomic E-state index is 13.8. The molecule has 0 amide bonds. The van der Waals surface area contributed by atoms with E-state index in [1.165, 1.54) is 18.9 Å². The molecule has 0 saturated heterocycles. The number of nitrogens with two attached hydrogens (primary N) is 1. The summed E-state index contributed by atoms with van der Waals surface area (Å²) in [4.78, 5) is 0. The number of nitrogen functional groups attached to an aromatic ring is 1. The van der Waals surface area contributed by atoms with Crippen LogP contribution in [-0.2, 0) is 6.54 Å². The highest BCUT2D eigenvalue weighted by molar-refractivity contribution is 5.59. The predicted octanol–water partition coefficient (Wildman–Crippen LogP) is 1.86. The van der Waals surface area contributed by atoms with Gasteiger partial charge < -0.3 is 5.73 Å². The van der Waals surface area contributed by atoms with E-state index in [0.717, 1.165) is 18.9 Å². The third-order valence-electron chi connectivity index (χ3n) is 3.21. The van der Waals surface area contributed by atoms with Gasteiger partial charge in [-0.25, -0.2) is 9.07 Å². The van der Waals surface area contributed by atoms with Gasteiger partial charge in [0.2, 0.25) is 0 Å². The van der Waals surface area contributed by atoms with Crippen LogP contribution in [0.5, 0.6) is 0 Å². The Morgan fingerprint density at radius 3 is 2.94 bits per heavy atom. The standard InChI is InChI=1S/C12H14FN5/c13-11-7-9(14)3-4-10(11)12-15-16-17-18(12)6-5-8-1-2-8/h3-4,7-8H,1-2,5-6,14H2. The molecular formula is C12H14FN5. The van der Waals surface area contributed by atoms with Crippen LogP contribution in [0.2, 0.25) is 0 Å². The zero-order valence-electron chi connectivity index (χ0n) is 9.88. The number of aromatic nitrogens is 4. The van der Waals surface area contributed by atoms with Gasteiger partial charge in [0.05, 0.1) is 5.56 Å². The first kappa shape index (κ1) is 11.1. The molecule has 1 fully saturated rings. The highest BCUT2D eigenvalue weighted by atomic mass is 19.1. The molecule has 1 aliphatic rings. The molecule has 0 atom stereocenters. The molecule has 3 rings (SSSR count). The number of hydrogen-bond acceptors (Lipinski definition) is 4. The fraction of sp³-hybridized carbons (Fsp3) is 0.417. The molecule has 0 spiro atoms. The average Bonchev–Trinajstić information content (AvgIpc) is 3.06. The van der Waals surface area contributed by atoms with E-state index in [1.54, 1.807) is 16.8 Å². The van der Waals surface area contributed by atoms with E-state index in [4.69, 9.17) is 5.73 Å². The predicted molar refractivity (Wildman–Crippen MR) is 65.0 cm³/mol. The van der Waals surface area contributed by atoms with Crippen LogP contribution in [0, 0.1) is 11.7 Å². The van der Waals surface area contributed by atoms with Crippen molar-refractivity contribution in [2.75, 3.05) is 5.73 Å². The molecule has 1 heterocycles. The van der Waals surface area contributed by atoms with Crippen molar-refractivity contribution in [1.82, 2.24) is 20.2 Å². The Labute approximate surface area is 104 Å². The third kappa shape index (κ3) is 2.18. The Morgan fingerprint density at radius 2 is 2.22 bits per heavy atom. The molecule has 0 unspecified atom stereocenters. The van der Waals surface area contributed by atoms with E-state index in [0.29, 0.717) is 17.1 Å². The van der Waals surface area contributed by atoms with Crippen molar-refractivity contribution in [2.45, 2.75) is 25.8 Å². The second-order valence-corrected chi connectivity index (χ2v) is 4.70. The Kier molecular flexibility index (Phi) is 2.70. The summed E-state index contributed by atoms with van der Waals surface area (Å²) in [7, 11) is 0. The summed E-state index contributed by atoms with van der Waals surface area (Å²) in [5.74, 6) is 0.865. The van der Waals surface area contributed by atoms with E-state index in [9.17, 15) is 4.39 Å². The van der Waals surface area contributed by atoms with Crippen molar-refractivity contribution < 1.29 is 4.39 Å². The minimum atomic E-state index is -0.391. The molecule has 94 valence electrons. The second-order valence-electron chi connectivity index (χ2n) is 4.70. The van der Waals surface area contributed by atoms with Crippen LogP contribution < -0.4 is 5.73 Å². The average molecular weight is 247 g/mol. The van der Waals surface area contributed by atoms with Crippen LogP contribution in [-0.4, -0.2) is 20.2 Å². The lowest BCUT2D eigenvalue weighted by Gasteiger charge is -2.05. The van der Waals surface area contributed by atoms with E-state index >= 15 is 0 Å². The van der Waals surface area contributed by atoms with Crippen molar-refractivity contribution >= 4 is 5.69 Å². The first-order valence-electron chi connectivity index (χ1n) is 6.05. The van der Waals surface area contributed by atoms with Gasteiger partial charge in [-0.1, -0.05) is 12.8 Å². The van der Waals surface area contributed by atoms with Gasteiger partial charge in [-0.2, -0.15) is 0 Å². The summed E-state index contributed by atoms with van der Waals surface area (Å²) in [6, 6.07) is 4.55. The number of benzene rings is 1. The maximum Gasteiger partial charge on any atom is 0.184 e. The normalized spacial score (nSPS) is 14.9. The largest absolute Gasteiger partial charge is 0.399 e. The lowest BCUT2D eigenvalue weighted by molar-refractivity contribution is 0.533. The first-order chi connectivity index (χ1) is 8.74. The number of tetrazole rings is 1. The number of aryl methyl sites for hydroxylation is 1. The highest BCUT2D eigenvalue weighted by Crippen LogP contribution is 2.33. The van der Waals surface area contributed by atoms with E-state index < -0.39 is 5.82 Å². The fourth-order valence-electron chi connectivity index (χ4n) is 1.97. The number of hydrogen-bond donors (Lipinski definition) is 1. The summed E-state index contributed by atoms with van der Waals surface area (Å²) >= 11 is 0. The van der Waals surface area contributed by atoms with Crippen LogP contribution >= 0.6 is 0 Å². The van der Waals surface area contributed by atoms with Crippen molar-refractivity contribution in [3.63, 3.8) is 0 Å². The van der Waals surface area contributed by atoms with Gasteiger partial charge in [0.25, 0.3) is 0 Å². The molecule has 5 nitrogen and oxygen atoms in total. The van der Waals surface area contributed by atoms with Gasteiger partial charge in [0.15, 0.2) is 5.82 Å². The first-order valence-corrected chi connectivity index (χ1v) is 6.05. The molecular weight excluding hydrogens is 233 g/mol. The van der Waals surface area contributed by atoms with E-state index in [2.05, 4.69) is 15.5 Å². The highest BCUT2D eigenvalue weighted by Gasteiger charge is 2.22. The SMILES string of the molecule is Nc1ccc(-c2nnnn2CCC2CC2)c(F)c1. The molecule has 0 radical (unpaired) electrons. The number of halogens is 1. The molecule has 6 heteroatoms. The number of anilines is 1. The molecule has 0 bridgehead atoms. The van der Waals surface area contributed by atoms with Crippen molar-refractivity contribution in [3.05, 3.63) is 24.0 Å². The molecule has 18 heavy (non-hydrogen) atoms. The van der Waals surface area contributed by atoms with Crippen molar-refractivity contribution in [3.8, 4) is 11.4 Å². The van der Waals surface area contributed by atoms with Crippen molar-refractivity contribution in [1.29, 1.82) is 0 Å². The lowest BCUT2D eigenvalue weighted by Crippen LogP contribution is -2.05. The molecule has 1 aromatic carbocycles. The zero-order chi connectivity index (χ0) is 12.5. The second kappa shape index (κ2) is 4.36. The van der Waals surface area contributed by atoms with Crippen LogP contribution in [0.1, 0.15) is 19.3 Å². The van der Waals surface area contributed by atoms with Crippen LogP contribution in [0.4, 0.5) is 10.1 Å². The van der Waals surface area contributed by atoms with Gasteiger partial charge in [0.1, 0.15) is 5.82 Å². The zero-order valence-corrected chi connectivity index (χ0v) is 9.88. The topological polar surface area (TPSA) is 69.6 Å². The number of nitrogens with zero attached hydrogens (tertiary/aromatic N) is 4. The van der Waals surface area contributed by atoms with Crippen LogP contribution in [0.15, 0.2) is 18.2 Å². The molecule has 1 saturated carbocycles. The van der Waals surface area contributed by atoms with Gasteiger partial charge in [-0.15, -0.1) is 5.10 Å². The van der Waals surface area contributed by atoms with Gasteiger partial charge in [-0.3, -0.25) is 0 Å². The fourth-order valence-corrected chi connectivity index (χ4v) is 1.97. The maximum atomic E-state index is 13.8. The molecule has 2 N–H and O–H groups in total.